The van der Waals surface area contributed by atoms with Gasteiger partial charge < -0.3 is 64.4 Å². The lowest BCUT2D eigenvalue weighted by atomic mass is 9.78. The highest BCUT2D eigenvalue weighted by Crippen LogP contribution is 2.56. The van der Waals surface area contributed by atoms with Gasteiger partial charge in [-0.25, -0.2) is 9.18 Å². The van der Waals surface area contributed by atoms with Crippen molar-refractivity contribution < 1.29 is 73.2 Å². The Labute approximate surface area is 508 Å². The molecule has 5 bridgehead atoms. The fourth-order valence-electron chi connectivity index (χ4n) is 13.8. The van der Waals surface area contributed by atoms with E-state index in [1.807, 2.05) is 4.90 Å². The summed E-state index contributed by atoms with van der Waals surface area (Å²) >= 11 is 7.06. The zero-order chi connectivity index (χ0) is 63.0. The van der Waals surface area contributed by atoms with Crippen LogP contribution in [0.3, 0.4) is 0 Å². The highest BCUT2D eigenvalue weighted by atomic mass is 35.5. The summed E-state index contributed by atoms with van der Waals surface area (Å²) in [5.74, 6) is -10.8. The molecule has 23 heteroatoms. The van der Waals surface area contributed by atoms with Crippen LogP contribution in [-0.2, 0) is 23.8 Å². The highest BCUT2D eigenvalue weighted by Gasteiger charge is 2.56. The molecule has 0 spiro atoms. The highest BCUT2D eigenvalue weighted by molar-refractivity contribution is 6.38. The normalized spacial score (nSPS) is 29.6. The van der Waals surface area contributed by atoms with Crippen molar-refractivity contribution in [2.24, 2.45) is 34.7 Å². The summed E-state index contributed by atoms with van der Waals surface area (Å²) in [6.45, 7) is 14.4. The molecule has 6 heterocycles. The third kappa shape index (κ3) is 11.3. The van der Waals surface area contributed by atoms with E-state index in [9.17, 15) is 54.6 Å². The minimum atomic E-state index is -2.12. The fourth-order valence-corrected chi connectivity index (χ4v) is 14.2. The van der Waals surface area contributed by atoms with Crippen LogP contribution >= 0.6 is 11.6 Å². The fraction of sp³-hybridized carbons (Fsp3) is 0.531. The summed E-state index contributed by atoms with van der Waals surface area (Å²) in [5, 5.41) is 78.4. The van der Waals surface area contributed by atoms with Crippen LogP contribution in [0.15, 0.2) is 58.3 Å². The van der Waals surface area contributed by atoms with Crippen molar-refractivity contribution in [2.75, 3.05) is 50.6 Å². The average molecular weight is 1230 g/mol. The first kappa shape index (κ1) is 62.8. The van der Waals surface area contributed by atoms with Crippen molar-refractivity contribution in [3.8, 4) is 23.0 Å². The smallest absolute Gasteiger partial charge is 0.341 e. The molecule has 2 saturated heterocycles. The molecular weight excluding hydrogens is 1150 g/mol. The number of anilines is 2. The standard InChI is InChI=1S/C64H78ClFN6O15/c1-30-12-11-13-31(2)61(81)68-49-41(56(78)45-46(57(49)79)54(76)35(6)59-47(45)60(80)63(8,87-59)85-25-19-44(84-10)32(3)58(86-36(7)73)34(5)53(75)33(4)52(30)74)27-67-71-23-17-38(18-24-71)69(9)64(20-21-64)37-16-22-70(28-37)51-43(66)26-40-50(48(51)65)72(39-14-15-39)29-42(55(40)77)62(82)83/h11-13,19,25-27,29-30,32-34,37-39,44,52-53,58,74-76,78-79H,14-18,20-24,28H2,1-10H3,(H,68,81)(H,82,83)/b12-11+,25-19+,31-13-,67-27+/t30-,32+,33+,34+,37?,44-,52-,53+,58+,63-/m0/s1. The Hall–Kier alpha value is -7.24. The van der Waals surface area contributed by atoms with Crippen molar-refractivity contribution >= 4 is 74.5 Å². The topological polar surface area (TPSA) is 283 Å². The summed E-state index contributed by atoms with van der Waals surface area (Å²) in [6, 6.07) is 1.21. The maximum Gasteiger partial charge on any atom is 0.341 e. The van der Waals surface area contributed by atoms with E-state index >= 15 is 4.39 Å². The number of pyridine rings is 1. The van der Waals surface area contributed by atoms with Gasteiger partial charge in [0.15, 0.2) is 5.75 Å². The number of aromatic carboxylic acids is 1. The second-order valence-electron chi connectivity index (χ2n) is 24.9. The summed E-state index contributed by atoms with van der Waals surface area (Å²) in [4.78, 5) is 71.2. The van der Waals surface area contributed by atoms with Crippen molar-refractivity contribution in [3.63, 3.8) is 0 Å². The number of fused-ring (bicyclic) bond motifs is 15. The molecule has 87 heavy (non-hydrogen) atoms. The largest absolute Gasteiger partial charge is 0.507 e. The molecular formula is C64H78ClFN6O15. The Morgan fingerprint density at radius 1 is 0.931 bits per heavy atom. The van der Waals surface area contributed by atoms with Gasteiger partial charge in [0.05, 0.1) is 74.6 Å². The Bertz CT molecular complexity index is 3640. The molecule has 4 aromatic rings. The van der Waals surface area contributed by atoms with Crippen LogP contribution in [0.1, 0.15) is 131 Å². The van der Waals surface area contributed by atoms with E-state index in [1.165, 1.54) is 65.6 Å². The number of hydrogen-bond acceptors (Lipinski definition) is 18. The number of aromatic nitrogens is 1. The number of allylic oxidation sites excluding steroid dienone is 2. The number of aromatic hydroxyl groups is 3. The molecule has 7 N–H and O–H groups in total. The van der Waals surface area contributed by atoms with Gasteiger partial charge in [0.25, 0.3) is 11.7 Å². The number of benzene rings is 3. The third-order valence-electron chi connectivity index (χ3n) is 19.5. The van der Waals surface area contributed by atoms with E-state index in [2.05, 4.69) is 17.3 Å². The average Bonchev–Trinajstić information content (AvgIpc) is 1.69. The van der Waals surface area contributed by atoms with Crippen molar-refractivity contribution in [1.82, 2.24) is 14.5 Å². The lowest BCUT2D eigenvalue weighted by Crippen LogP contribution is -2.50. The number of methoxy groups -OCH3 is 1. The maximum absolute atomic E-state index is 16.2. The number of aliphatic hydroxyl groups excluding tert-OH is 2. The molecule has 5 aliphatic heterocycles. The maximum atomic E-state index is 16.2. The number of halogens is 2. The molecule has 4 fully saturated rings. The minimum absolute atomic E-state index is 0.0162. The van der Waals surface area contributed by atoms with Gasteiger partial charge in [0, 0.05) is 111 Å². The van der Waals surface area contributed by atoms with Crippen LogP contribution in [0.2, 0.25) is 5.02 Å². The number of piperidine rings is 1. The van der Waals surface area contributed by atoms with Gasteiger partial charge in [0.2, 0.25) is 5.43 Å². The number of phenolic OH excluding ortho intramolecular Hbond substituents is 3. The first-order valence-electron chi connectivity index (χ1n) is 29.8. The predicted molar refractivity (Wildman–Crippen MR) is 324 cm³/mol. The molecule has 0 radical (unpaired) electrons. The molecule has 1 amide bonds. The summed E-state index contributed by atoms with van der Waals surface area (Å²) in [5.41, 5.74) is -1.42. The number of ketones is 1. The van der Waals surface area contributed by atoms with Gasteiger partial charge in [-0.15, -0.1) is 0 Å². The first-order valence-corrected chi connectivity index (χ1v) is 30.2. The van der Waals surface area contributed by atoms with Crippen LogP contribution < -0.4 is 20.4 Å². The van der Waals surface area contributed by atoms with Gasteiger partial charge in [-0.2, -0.15) is 5.10 Å². The number of nitrogens with one attached hydrogen (secondary N) is 1. The van der Waals surface area contributed by atoms with Gasteiger partial charge >= 0.3 is 17.7 Å². The third-order valence-corrected chi connectivity index (χ3v) is 19.8. The molecule has 10 atom stereocenters. The van der Waals surface area contributed by atoms with E-state index < -0.39 is 112 Å². The number of aliphatic hydroxyl groups is 2. The number of carboxylic acids is 1. The molecule has 21 nitrogen and oxygen atoms in total. The molecule has 2 saturated carbocycles. The van der Waals surface area contributed by atoms with Crippen LogP contribution in [-0.4, -0.2) is 157 Å². The number of Topliss-reactive ketones (excluding diaryl/α,β-unsaturated/α-hetero) is 1. The Morgan fingerprint density at radius 2 is 1.62 bits per heavy atom. The molecule has 3 aromatic carbocycles. The van der Waals surface area contributed by atoms with Gasteiger partial charge in [-0.1, -0.05) is 57.5 Å². The monoisotopic (exact) mass is 1220 g/mol. The molecule has 11 rings (SSSR count). The number of ether oxygens (including phenoxy) is 4. The number of carbonyl (C=O) groups excluding carboxylic acids is 3. The number of esters is 1. The van der Waals surface area contributed by atoms with E-state index in [-0.39, 0.29) is 84.1 Å². The quantitative estimate of drug-likeness (QED) is 0.0338. The molecule has 7 aliphatic rings. The van der Waals surface area contributed by atoms with E-state index in [0.717, 1.165) is 38.2 Å². The van der Waals surface area contributed by atoms with E-state index in [1.54, 1.807) is 49.4 Å². The Balaban J connectivity index is 0.932. The van der Waals surface area contributed by atoms with Crippen LogP contribution in [0, 0.1) is 42.3 Å². The van der Waals surface area contributed by atoms with Crippen molar-refractivity contribution in [3.05, 3.63) is 91.7 Å². The number of carboxylic acid groups (broad SMARTS) is 1. The lowest BCUT2D eigenvalue weighted by Gasteiger charge is -2.42. The summed E-state index contributed by atoms with van der Waals surface area (Å²) in [6.07, 6.45) is 11.5. The lowest BCUT2D eigenvalue weighted by molar-refractivity contribution is -0.160. The number of hydrogen-bond donors (Lipinski definition) is 7. The molecule has 468 valence electrons. The van der Waals surface area contributed by atoms with Crippen LogP contribution in [0.25, 0.3) is 21.7 Å². The van der Waals surface area contributed by atoms with Crippen LogP contribution in [0.5, 0.6) is 23.0 Å². The number of hydrazone groups is 1. The van der Waals surface area contributed by atoms with Crippen molar-refractivity contribution in [1.29, 1.82) is 0 Å². The van der Waals surface area contributed by atoms with Gasteiger partial charge in [0.1, 0.15) is 34.7 Å². The second-order valence-corrected chi connectivity index (χ2v) is 25.3. The van der Waals surface area contributed by atoms with Crippen molar-refractivity contribution in [2.45, 2.75) is 148 Å². The number of rotatable bonds is 10. The number of amides is 1. The summed E-state index contributed by atoms with van der Waals surface area (Å²) < 4.78 is 41.9. The second kappa shape index (κ2) is 24.0. The van der Waals surface area contributed by atoms with Gasteiger partial charge in [-0.05, 0) is 83.9 Å². The zero-order valence-corrected chi connectivity index (χ0v) is 51.4. The molecule has 1 unspecified atom stereocenters. The van der Waals surface area contributed by atoms with Gasteiger partial charge in [-0.3, -0.25) is 29.1 Å². The number of nitrogens with zero attached hydrogens (tertiary/aromatic N) is 5. The number of phenols is 3. The van der Waals surface area contributed by atoms with Crippen LogP contribution in [0.4, 0.5) is 15.8 Å². The van der Waals surface area contributed by atoms with E-state index in [0.29, 0.717) is 44.5 Å². The van der Waals surface area contributed by atoms with E-state index in [4.69, 9.17) is 35.6 Å². The predicted octanol–water partition coefficient (Wildman–Crippen LogP) is 8.68. The SMILES string of the molecule is CO[C@H]1/C=C/O[C@@]2(C)Oc3c(C)c(O)c4c(O)c(c(/C=N/N5CCC(N(C)C6(C7CCN(c8c(F)cc9c(=O)c(C(=O)O)cn(C%10CC%10)c9c8Cl)C7)CC6)CC5)c(O)c4c3C2=O)NC(=O)/C(C)=C\C=C\[C@H](C)[C@H](O)[C@@H](C)[C@@H](O)[C@@H](C)[C@H](OC(C)=O)[C@@H]1C. The molecule has 1 aromatic heterocycles. The molecule has 2 aliphatic carbocycles. The number of carbonyl (C=O) groups is 4. The minimum Gasteiger partial charge on any atom is -0.507 e. The summed E-state index contributed by atoms with van der Waals surface area (Å²) in [7, 11) is 3.55. The Kier molecular flexibility index (Phi) is 17.4. The Morgan fingerprint density at radius 3 is 2.25 bits per heavy atom. The zero-order valence-electron chi connectivity index (χ0n) is 50.6. The first-order chi connectivity index (χ1) is 41.2.